The summed E-state index contributed by atoms with van der Waals surface area (Å²) in [7, 11) is 0. The number of aryl methyl sites for hydroxylation is 4. The zero-order valence-electron chi connectivity index (χ0n) is 29.5. The molecule has 0 bridgehead atoms. The molecule has 6 rings (SSSR count). The first-order valence-electron chi connectivity index (χ1n) is 16.6. The van der Waals surface area contributed by atoms with Crippen molar-refractivity contribution in [2.75, 3.05) is 13.2 Å². The summed E-state index contributed by atoms with van der Waals surface area (Å²) in [5.74, 6) is -0.103. The Morgan fingerprint density at radius 2 is 0.870 bits per heavy atom. The van der Waals surface area contributed by atoms with Crippen LogP contribution in [0.25, 0.3) is 45.1 Å². The fourth-order valence-corrected chi connectivity index (χ4v) is 5.79. The number of benzene rings is 2. The van der Waals surface area contributed by atoms with Crippen molar-refractivity contribution in [1.29, 1.82) is 0 Å². The van der Waals surface area contributed by atoms with Gasteiger partial charge in [-0.25, -0.2) is 19.6 Å². The third-order valence-corrected chi connectivity index (χ3v) is 9.14. The van der Waals surface area contributed by atoms with Gasteiger partial charge >= 0.3 is 11.4 Å². The van der Waals surface area contributed by atoms with Gasteiger partial charge in [0.15, 0.2) is 23.0 Å². The van der Waals surface area contributed by atoms with Crippen molar-refractivity contribution in [2.45, 2.75) is 77.4 Å². The predicted molar refractivity (Wildman–Crippen MR) is 191 cm³/mol. The molecule has 0 saturated heterocycles. The van der Waals surface area contributed by atoms with Gasteiger partial charge < -0.3 is 50.0 Å². The van der Waals surface area contributed by atoms with Gasteiger partial charge in [-0.2, -0.15) is 9.97 Å². The average molecular weight is 753 g/mol. The van der Waals surface area contributed by atoms with Crippen molar-refractivity contribution >= 4 is 22.1 Å². The molecule has 4 aliphatic rings. The van der Waals surface area contributed by atoms with E-state index in [4.69, 9.17) is 10.2 Å². The molecule has 10 N–H and O–H groups in total. The average Bonchev–Trinajstić information content (AvgIpc) is 3.12. The monoisotopic (exact) mass is 752 g/mol. The number of fused-ring (bicyclic) bond motifs is 4. The Bertz CT molecular complexity index is 2320. The minimum Gasteiger partial charge on any atom is -0.394 e. The highest BCUT2D eigenvalue weighted by atomic mass is 16.4. The van der Waals surface area contributed by atoms with Gasteiger partial charge in [-0.05, 0) is 74.2 Å². The first-order valence-corrected chi connectivity index (χ1v) is 16.6. The summed E-state index contributed by atoms with van der Waals surface area (Å²) in [6, 6.07) is 7.06. The molecule has 2 aromatic carbocycles. The normalized spacial score (nSPS) is 15.2. The summed E-state index contributed by atoms with van der Waals surface area (Å²) >= 11 is 0. The molecule has 0 unspecified atom stereocenters. The second-order valence-corrected chi connectivity index (χ2v) is 13.0. The quantitative estimate of drug-likeness (QED) is 0.0608. The van der Waals surface area contributed by atoms with E-state index >= 15 is 0 Å². The summed E-state index contributed by atoms with van der Waals surface area (Å²) in [4.78, 5) is 68.0. The van der Waals surface area contributed by atoms with Crippen LogP contribution >= 0.6 is 0 Å². The smallest absolute Gasteiger partial charge is 0.349 e. The number of nitrogens with one attached hydrogen (secondary N) is 2. The lowest BCUT2D eigenvalue weighted by atomic mass is 10.1. The Labute approximate surface area is 303 Å². The molecule has 6 atom stereocenters. The number of aliphatic hydroxyl groups is 8. The van der Waals surface area contributed by atoms with E-state index in [1.807, 2.05) is 27.7 Å². The van der Waals surface area contributed by atoms with Crippen LogP contribution in [0.3, 0.4) is 0 Å². The molecule has 0 fully saturated rings. The standard InChI is InChI=1S/2C17H20N4O6/c2*1-7-3-9-10(4-8(7)2)21(5-11(23)14(25)12(24)6-22)15-13(18-9)16(26)20-17(27)19-15/h2*3-4,11-12,14,22-25H,5-6H2,1-2H3,(H,20,26,27)/t2*11-,12+,14-/m00/s1. The summed E-state index contributed by atoms with van der Waals surface area (Å²) in [6.07, 6.45) is -9.36. The zero-order valence-corrected chi connectivity index (χ0v) is 29.5. The van der Waals surface area contributed by atoms with Gasteiger partial charge in [-0.15, -0.1) is 0 Å². The number of H-pyrrole nitrogens is 2. The maximum atomic E-state index is 12.2. The molecular weight excluding hydrogens is 712 g/mol. The van der Waals surface area contributed by atoms with E-state index < -0.39 is 72.3 Å². The Balaban J connectivity index is 0.000000208. The molecule has 0 amide bonds. The van der Waals surface area contributed by atoms with E-state index in [2.05, 4.69) is 29.9 Å². The van der Waals surface area contributed by atoms with Crippen LogP contribution in [0.1, 0.15) is 22.3 Å². The van der Waals surface area contributed by atoms with Crippen LogP contribution in [0.5, 0.6) is 0 Å². The number of aliphatic hydroxyl groups excluding tert-OH is 8. The predicted octanol–water partition coefficient (Wildman–Crippen LogP) is -3.45. The van der Waals surface area contributed by atoms with E-state index in [-0.39, 0.29) is 36.1 Å². The molecular formula is C34H40N8O12. The number of rotatable bonds is 10. The number of aromatic nitrogens is 8. The molecule has 0 spiro atoms. The Hall–Kier alpha value is -5.32. The lowest BCUT2D eigenvalue weighted by Crippen LogP contribution is -2.42. The highest BCUT2D eigenvalue weighted by Crippen LogP contribution is 2.26. The van der Waals surface area contributed by atoms with Gasteiger partial charge in [-0.3, -0.25) is 19.6 Å². The highest BCUT2D eigenvalue weighted by Gasteiger charge is 2.29. The van der Waals surface area contributed by atoms with Gasteiger partial charge in [0.25, 0.3) is 11.1 Å². The molecule has 4 aliphatic heterocycles. The molecule has 0 saturated carbocycles. The number of aromatic amines is 2. The van der Waals surface area contributed by atoms with Gasteiger partial charge in [0.2, 0.25) is 0 Å². The molecule has 54 heavy (non-hydrogen) atoms. The van der Waals surface area contributed by atoms with Gasteiger partial charge in [0, 0.05) is 0 Å². The third-order valence-electron chi connectivity index (χ3n) is 9.14. The minimum atomic E-state index is -1.64. The molecule has 0 aromatic heterocycles. The van der Waals surface area contributed by atoms with Crippen molar-refractivity contribution in [3.05, 3.63) is 88.2 Å². The van der Waals surface area contributed by atoms with Gasteiger partial charge in [-0.1, -0.05) is 0 Å². The molecule has 20 nitrogen and oxygen atoms in total. The van der Waals surface area contributed by atoms with E-state index in [0.717, 1.165) is 22.3 Å². The van der Waals surface area contributed by atoms with Crippen LogP contribution in [0.4, 0.5) is 0 Å². The summed E-state index contributed by atoms with van der Waals surface area (Å²) in [5.41, 5.74) is 2.23. The van der Waals surface area contributed by atoms with Crippen molar-refractivity contribution in [2.24, 2.45) is 0 Å². The van der Waals surface area contributed by atoms with Crippen LogP contribution in [-0.4, -0.2) is 130 Å². The molecule has 288 valence electrons. The molecule has 0 aliphatic carbocycles. The van der Waals surface area contributed by atoms with E-state index in [9.17, 15) is 49.8 Å². The third kappa shape index (κ3) is 7.95. The molecule has 2 aromatic rings. The van der Waals surface area contributed by atoms with E-state index in [0.29, 0.717) is 22.1 Å². The SMILES string of the molecule is Cc1cc2nc3c(=O)[nH]c(=O)nc-3n(C[C@H](O)[C@H](O)[C@H](O)CO)c2cc1C.Cc1cc2nc3c(=O)[nH]c(=O)nc-3n(C[C@H](O)[C@H](O)[C@H](O)CO)c2cc1C. The number of hydrogen-bond acceptors (Lipinski definition) is 16. The Morgan fingerprint density at radius 1 is 0.537 bits per heavy atom. The zero-order chi connectivity index (χ0) is 39.8. The molecule has 20 heteroatoms. The maximum Gasteiger partial charge on any atom is 0.349 e. The van der Waals surface area contributed by atoms with Crippen LogP contribution in [0, 0.1) is 27.7 Å². The molecule has 4 heterocycles. The van der Waals surface area contributed by atoms with Crippen LogP contribution in [0.15, 0.2) is 43.4 Å². The second-order valence-electron chi connectivity index (χ2n) is 13.0. The summed E-state index contributed by atoms with van der Waals surface area (Å²) in [5, 5.41) is 77.6. The Kier molecular flexibility index (Phi) is 11.8. The number of nitrogens with zero attached hydrogens (tertiary/aromatic N) is 6. The number of hydrogen-bond donors (Lipinski definition) is 10. The topological polar surface area (TPSA) is 323 Å². The largest absolute Gasteiger partial charge is 0.394 e. The summed E-state index contributed by atoms with van der Waals surface area (Å²) in [6.45, 7) is 5.46. The van der Waals surface area contributed by atoms with Crippen LogP contribution in [-0.2, 0) is 13.1 Å². The van der Waals surface area contributed by atoms with E-state index in [1.54, 1.807) is 24.3 Å². The lowest BCUT2D eigenvalue weighted by Gasteiger charge is -2.25. The Morgan fingerprint density at radius 3 is 1.20 bits per heavy atom. The minimum absolute atomic E-state index is 0.0516. The van der Waals surface area contributed by atoms with E-state index in [1.165, 1.54) is 9.13 Å². The van der Waals surface area contributed by atoms with Crippen molar-refractivity contribution in [3.63, 3.8) is 0 Å². The lowest BCUT2D eigenvalue weighted by molar-refractivity contribution is -0.0802. The summed E-state index contributed by atoms with van der Waals surface area (Å²) < 4.78 is 2.80. The van der Waals surface area contributed by atoms with Gasteiger partial charge in [0.1, 0.15) is 36.6 Å². The van der Waals surface area contributed by atoms with Crippen LogP contribution in [0.2, 0.25) is 0 Å². The first-order chi connectivity index (χ1) is 25.4. The van der Waals surface area contributed by atoms with Crippen molar-refractivity contribution in [3.8, 4) is 23.0 Å². The van der Waals surface area contributed by atoms with Crippen LogP contribution < -0.4 is 22.5 Å². The second kappa shape index (κ2) is 16.0. The fraction of sp³-hybridized carbons (Fsp3) is 0.412. The van der Waals surface area contributed by atoms with Crippen molar-refractivity contribution in [1.82, 2.24) is 39.0 Å². The van der Waals surface area contributed by atoms with Crippen molar-refractivity contribution < 1.29 is 40.9 Å². The highest BCUT2D eigenvalue weighted by molar-refractivity contribution is 5.82. The van der Waals surface area contributed by atoms with Gasteiger partial charge in [0.05, 0.1) is 48.4 Å². The fourth-order valence-electron chi connectivity index (χ4n) is 5.79. The maximum absolute atomic E-state index is 12.2. The molecule has 0 radical (unpaired) electrons. The first kappa shape index (κ1) is 39.9.